The number of benzene rings is 1. The van der Waals surface area contributed by atoms with Crippen LogP contribution in [-0.2, 0) is 9.59 Å². The van der Waals surface area contributed by atoms with Gasteiger partial charge in [-0.05, 0) is 32.4 Å². The first-order chi connectivity index (χ1) is 11.6. The molecule has 0 aliphatic carbocycles. The normalized spacial score (nSPS) is 16.8. The van der Waals surface area contributed by atoms with Crippen LogP contribution in [0, 0.1) is 0 Å². The number of carbonyl (C=O) groups is 2. The lowest BCUT2D eigenvalue weighted by Gasteiger charge is -2.33. The minimum absolute atomic E-state index is 0.0310. The number of fused-ring (bicyclic) bond motifs is 1. The number of carbonyl (C=O) groups excluding carboxylic acids is 2. The maximum atomic E-state index is 12.5. The van der Waals surface area contributed by atoms with Crippen LogP contribution in [0.5, 0.6) is 5.75 Å². The second-order valence-electron chi connectivity index (χ2n) is 5.96. The number of nitrogens with one attached hydrogen (secondary N) is 2. The highest BCUT2D eigenvalue weighted by Gasteiger charge is 2.34. The summed E-state index contributed by atoms with van der Waals surface area (Å²) in [5.41, 5.74) is 0.664. The van der Waals surface area contributed by atoms with Crippen LogP contribution in [0.4, 0.5) is 5.69 Å². The van der Waals surface area contributed by atoms with E-state index in [0.717, 1.165) is 19.6 Å². The number of para-hydroxylation sites is 2. The van der Waals surface area contributed by atoms with Crippen LogP contribution in [0.3, 0.4) is 0 Å². The largest absolute Gasteiger partial charge is 0.478 e. The topological polar surface area (TPSA) is 63.1 Å². The van der Waals surface area contributed by atoms with Gasteiger partial charge in [-0.1, -0.05) is 19.1 Å². The van der Waals surface area contributed by atoms with E-state index in [9.17, 15) is 9.59 Å². The Kier molecular flexibility index (Phi) is 6.61. The highest BCUT2D eigenvalue weighted by molar-refractivity contribution is 6.03. The summed E-state index contributed by atoms with van der Waals surface area (Å²) in [7, 11) is 0. The third-order valence-corrected chi connectivity index (χ3v) is 4.44. The Balaban J connectivity index is 1.99. The van der Waals surface area contributed by atoms with Crippen LogP contribution in [0.15, 0.2) is 24.3 Å². The molecule has 6 nitrogen and oxygen atoms in total. The fraction of sp³-hybridized carbons (Fsp3) is 0.556. The lowest BCUT2D eigenvalue weighted by atomic mass is 10.1. The smallest absolute Gasteiger partial charge is 0.268 e. The van der Waals surface area contributed by atoms with Crippen molar-refractivity contribution in [2.45, 2.75) is 33.3 Å². The van der Waals surface area contributed by atoms with Gasteiger partial charge in [-0.15, -0.1) is 0 Å². The maximum absolute atomic E-state index is 12.5. The van der Waals surface area contributed by atoms with Gasteiger partial charge in [0, 0.05) is 0 Å². The van der Waals surface area contributed by atoms with Gasteiger partial charge in [0.05, 0.1) is 31.9 Å². The van der Waals surface area contributed by atoms with Gasteiger partial charge in [0.25, 0.3) is 5.91 Å². The molecule has 24 heavy (non-hydrogen) atoms. The summed E-state index contributed by atoms with van der Waals surface area (Å²) in [6, 6.07) is 7.36. The highest BCUT2D eigenvalue weighted by atomic mass is 16.5. The van der Waals surface area contributed by atoms with Gasteiger partial charge in [-0.25, -0.2) is 0 Å². The van der Waals surface area contributed by atoms with E-state index in [1.165, 1.54) is 9.80 Å². The summed E-state index contributed by atoms with van der Waals surface area (Å²) < 4.78 is 5.72. The third-order valence-electron chi connectivity index (χ3n) is 4.44. The molecule has 0 bridgehead atoms. The highest BCUT2D eigenvalue weighted by Crippen LogP contribution is 2.34. The van der Waals surface area contributed by atoms with Gasteiger partial charge >= 0.3 is 0 Å². The molecule has 6 heteroatoms. The van der Waals surface area contributed by atoms with Crippen LogP contribution in [0.2, 0.25) is 0 Å². The van der Waals surface area contributed by atoms with E-state index in [0.29, 0.717) is 24.4 Å². The van der Waals surface area contributed by atoms with Crippen molar-refractivity contribution in [2.24, 2.45) is 0 Å². The molecule has 0 saturated carbocycles. The molecule has 1 heterocycles. The quantitative estimate of drug-likeness (QED) is 0.715. The summed E-state index contributed by atoms with van der Waals surface area (Å²) in [6.45, 7) is 9.80. The number of quaternary nitrogens is 1. The van der Waals surface area contributed by atoms with Crippen molar-refractivity contribution >= 4 is 17.5 Å². The third kappa shape index (κ3) is 4.26. The van der Waals surface area contributed by atoms with Crippen molar-refractivity contribution < 1.29 is 19.2 Å². The number of hydrogen-bond acceptors (Lipinski definition) is 3. The number of amides is 2. The summed E-state index contributed by atoms with van der Waals surface area (Å²) in [6.07, 6.45) is 0.0594. The Morgan fingerprint density at radius 1 is 1.25 bits per heavy atom. The molecule has 1 aliphatic rings. The summed E-state index contributed by atoms with van der Waals surface area (Å²) in [5, 5.41) is 2.92. The molecular formula is C18H28N3O3+. The van der Waals surface area contributed by atoms with Gasteiger partial charge < -0.3 is 15.0 Å². The minimum Gasteiger partial charge on any atom is -0.478 e. The molecular weight excluding hydrogens is 306 g/mol. The van der Waals surface area contributed by atoms with Gasteiger partial charge in [0.2, 0.25) is 5.91 Å². The average molecular weight is 334 g/mol. The number of ether oxygens (including phenoxy) is 1. The summed E-state index contributed by atoms with van der Waals surface area (Å²) in [4.78, 5) is 27.8. The molecule has 0 fully saturated rings. The number of hydrogen-bond donors (Lipinski definition) is 2. The molecule has 0 spiro atoms. The van der Waals surface area contributed by atoms with E-state index in [1.807, 2.05) is 31.2 Å². The number of rotatable bonds is 8. The van der Waals surface area contributed by atoms with Gasteiger partial charge in [-0.3, -0.25) is 14.5 Å². The molecule has 0 radical (unpaired) electrons. The summed E-state index contributed by atoms with van der Waals surface area (Å²) in [5.74, 6) is 0.367. The zero-order valence-corrected chi connectivity index (χ0v) is 14.8. The predicted molar refractivity (Wildman–Crippen MR) is 93.4 cm³/mol. The fourth-order valence-electron chi connectivity index (χ4n) is 2.88. The van der Waals surface area contributed by atoms with Crippen LogP contribution in [0.25, 0.3) is 0 Å². The van der Waals surface area contributed by atoms with E-state index in [2.05, 4.69) is 19.2 Å². The Morgan fingerprint density at radius 3 is 2.62 bits per heavy atom. The number of likely N-dealkylation sites (N-methyl/N-ethyl adjacent to an activating group) is 1. The molecule has 1 aromatic carbocycles. The molecule has 1 unspecified atom stereocenters. The molecule has 1 aliphatic heterocycles. The Hall–Kier alpha value is -2.08. The number of nitrogens with zero attached hydrogens (tertiary/aromatic N) is 1. The molecule has 0 aromatic heterocycles. The Bertz CT molecular complexity index is 572. The number of anilines is 1. The lowest BCUT2D eigenvalue weighted by molar-refractivity contribution is -0.895. The Morgan fingerprint density at radius 2 is 1.96 bits per heavy atom. The first-order valence-corrected chi connectivity index (χ1v) is 8.77. The first kappa shape index (κ1) is 18.3. The second kappa shape index (κ2) is 8.68. The molecule has 2 N–H and O–H groups in total. The van der Waals surface area contributed by atoms with Crippen LogP contribution < -0.4 is 19.9 Å². The fourth-order valence-corrected chi connectivity index (χ4v) is 2.88. The zero-order valence-electron chi connectivity index (χ0n) is 14.8. The molecule has 1 aromatic rings. The van der Waals surface area contributed by atoms with E-state index in [4.69, 9.17) is 4.74 Å². The molecule has 2 rings (SSSR count). The van der Waals surface area contributed by atoms with E-state index < -0.39 is 6.10 Å². The summed E-state index contributed by atoms with van der Waals surface area (Å²) >= 11 is 0. The van der Waals surface area contributed by atoms with Crippen LogP contribution in [-0.4, -0.2) is 50.6 Å². The van der Waals surface area contributed by atoms with Crippen molar-refractivity contribution in [3.8, 4) is 5.75 Å². The second-order valence-corrected chi connectivity index (χ2v) is 5.96. The standard InChI is InChI=1S/C18H27N3O3/c1-4-15-18(23)21(14-9-7-8-10-16(14)24-15)13-17(22)19-11-12-20(5-2)6-3/h7-10,15H,4-6,11-13H2,1-3H3,(H,19,22)/p+1. The first-order valence-electron chi connectivity index (χ1n) is 8.77. The Labute approximate surface area is 143 Å². The van der Waals surface area contributed by atoms with Gasteiger partial charge in [0.1, 0.15) is 12.3 Å². The van der Waals surface area contributed by atoms with Crippen LogP contribution in [0.1, 0.15) is 27.2 Å². The van der Waals surface area contributed by atoms with E-state index in [1.54, 1.807) is 0 Å². The van der Waals surface area contributed by atoms with Crippen molar-refractivity contribution in [1.29, 1.82) is 0 Å². The van der Waals surface area contributed by atoms with E-state index >= 15 is 0 Å². The van der Waals surface area contributed by atoms with Crippen molar-refractivity contribution in [3.63, 3.8) is 0 Å². The van der Waals surface area contributed by atoms with Gasteiger partial charge in [0.15, 0.2) is 6.10 Å². The minimum atomic E-state index is -0.521. The van der Waals surface area contributed by atoms with Crippen molar-refractivity contribution in [2.75, 3.05) is 37.6 Å². The predicted octanol–water partition coefficient (Wildman–Crippen LogP) is 0.232. The van der Waals surface area contributed by atoms with Crippen LogP contribution >= 0.6 is 0 Å². The lowest BCUT2D eigenvalue weighted by Crippen LogP contribution is -3.12. The van der Waals surface area contributed by atoms with E-state index in [-0.39, 0.29) is 18.4 Å². The van der Waals surface area contributed by atoms with Crippen molar-refractivity contribution in [1.82, 2.24) is 5.32 Å². The molecule has 1 atom stereocenters. The molecule has 0 saturated heterocycles. The molecule has 2 amide bonds. The zero-order chi connectivity index (χ0) is 17.5. The average Bonchev–Trinajstić information content (AvgIpc) is 2.61. The van der Waals surface area contributed by atoms with Crippen molar-refractivity contribution in [3.05, 3.63) is 24.3 Å². The molecule has 132 valence electrons. The SMILES string of the molecule is CCC1Oc2ccccc2N(CC(=O)NCC[NH+](CC)CC)C1=O. The van der Waals surface area contributed by atoms with Gasteiger partial charge in [-0.2, -0.15) is 0 Å². The maximum Gasteiger partial charge on any atom is 0.268 e. The monoisotopic (exact) mass is 334 g/mol.